The number of aromatic amines is 1. The topological polar surface area (TPSA) is 74.4 Å². The normalized spacial score (nSPS) is 14.9. The van der Waals surface area contributed by atoms with E-state index in [2.05, 4.69) is 15.2 Å². The van der Waals surface area contributed by atoms with Crippen molar-refractivity contribution in [2.45, 2.75) is 6.42 Å². The van der Waals surface area contributed by atoms with E-state index in [4.69, 9.17) is 4.74 Å². The molecule has 1 aromatic heterocycles. The highest BCUT2D eigenvalue weighted by atomic mass is 16.5. The van der Waals surface area contributed by atoms with Crippen LogP contribution >= 0.6 is 0 Å². The molecule has 1 saturated heterocycles. The highest BCUT2D eigenvalue weighted by molar-refractivity contribution is 6.12. The van der Waals surface area contributed by atoms with Gasteiger partial charge in [0, 0.05) is 42.3 Å². The van der Waals surface area contributed by atoms with Crippen LogP contribution in [0.3, 0.4) is 0 Å². The van der Waals surface area contributed by atoms with E-state index < -0.39 is 0 Å². The zero-order valence-electron chi connectivity index (χ0n) is 15.6. The van der Waals surface area contributed by atoms with Gasteiger partial charge in [0.1, 0.15) is 0 Å². The summed E-state index contributed by atoms with van der Waals surface area (Å²) in [7, 11) is 0. The maximum Gasteiger partial charge on any atom is 0.256 e. The first kappa shape index (κ1) is 18.4. The van der Waals surface area contributed by atoms with Gasteiger partial charge in [-0.1, -0.05) is 30.3 Å². The fourth-order valence-electron chi connectivity index (χ4n) is 3.46. The smallest absolute Gasteiger partial charge is 0.256 e. The summed E-state index contributed by atoms with van der Waals surface area (Å²) < 4.78 is 5.37. The monoisotopic (exact) mass is 377 g/mol. The summed E-state index contributed by atoms with van der Waals surface area (Å²) in [5.74, 6) is -0.289. The summed E-state index contributed by atoms with van der Waals surface area (Å²) in [6.45, 7) is 4.59. The lowest BCUT2D eigenvalue weighted by molar-refractivity contribution is 0.0384. The Morgan fingerprint density at radius 1 is 1.07 bits per heavy atom. The molecule has 144 valence electrons. The Kier molecular flexibility index (Phi) is 5.50. The molecule has 1 amide bonds. The van der Waals surface area contributed by atoms with Crippen molar-refractivity contribution in [1.29, 1.82) is 0 Å². The number of rotatable bonds is 5. The SMILES string of the molecule is O=C(Nc1ccc(CCN2CCOCC2)cc1)c1cc(=O)[nH]c2ccccc12. The lowest BCUT2D eigenvalue weighted by Gasteiger charge is -2.26. The molecule has 4 rings (SSSR count). The van der Waals surface area contributed by atoms with Crippen LogP contribution in [-0.2, 0) is 11.2 Å². The van der Waals surface area contributed by atoms with E-state index >= 15 is 0 Å². The van der Waals surface area contributed by atoms with Crippen molar-refractivity contribution in [3.05, 3.63) is 76.1 Å². The molecule has 2 N–H and O–H groups in total. The third-order valence-corrected chi connectivity index (χ3v) is 5.03. The van der Waals surface area contributed by atoms with E-state index in [1.807, 2.05) is 42.5 Å². The molecule has 6 nitrogen and oxygen atoms in total. The van der Waals surface area contributed by atoms with Crippen molar-refractivity contribution in [3.63, 3.8) is 0 Å². The van der Waals surface area contributed by atoms with Crippen molar-refractivity contribution in [2.24, 2.45) is 0 Å². The molecular weight excluding hydrogens is 354 g/mol. The third kappa shape index (κ3) is 4.30. The van der Waals surface area contributed by atoms with Crippen LogP contribution in [0.5, 0.6) is 0 Å². The van der Waals surface area contributed by atoms with Crippen molar-refractivity contribution < 1.29 is 9.53 Å². The Labute approximate surface area is 163 Å². The van der Waals surface area contributed by atoms with E-state index in [0.29, 0.717) is 16.8 Å². The average molecular weight is 377 g/mol. The number of hydrogen-bond donors (Lipinski definition) is 2. The second kappa shape index (κ2) is 8.37. The van der Waals surface area contributed by atoms with Crippen LogP contribution in [0.4, 0.5) is 5.69 Å². The minimum absolute atomic E-state index is 0.289. The number of fused-ring (bicyclic) bond motifs is 1. The van der Waals surface area contributed by atoms with Crippen molar-refractivity contribution >= 4 is 22.5 Å². The van der Waals surface area contributed by atoms with Crippen molar-refractivity contribution in [2.75, 3.05) is 38.2 Å². The molecule has 1 aliphatic rings. The molecular formula is C22H23N3O3. The maximum atomic E-state index is 12.7. The molecule has 2 aromatic carbocycles. The van der Waals surface area contributed by atoms with E-state index in [1.54, 1.807) is 6.07 Å². The number of aromatic nitrogens is 1. The molecule has 0 saturated carbocycles. The first-order valence-electron chi connectivity index (χ1n) is 9.51. The van der Waals surface area contributed by atoms with Crippen LogP contribution in [0.25, 0.3) is 10.9 Å². The number of benzene rings is 2. The molecule has 6 heteroatoms. The van der Waals surface area contributed by atoms with Crippen molar-refractivity contribution in [1.82, 2.24) is 9.88 Å². The summed E-state index contributed by atoms with van der Waals surface area (Å²) >= 11 is 0. The third-order valence-electron chi connectivity index (χ3n) is 5.03. The van der Waals surface area contributed by atoms with Crippen LogP contribution in [0.2, 0.25) is 0 Å². The summed E-state index contributed by atoms with van der Waals surface area (Å²) in [6, 6.07) is 16.5. The molecule has 0 spiro atoms. The number of morpholine rings is 1. The van der Waals surface area contributed by atoms with E-state index in [-0.39, 0.29) is 11.5 Å². The highest BCUT2D eigenvalue weighted by Gasteiger charge is 2.12. The standard InChI is InChI=1S/C22H23N3O3/c26-21-15-19(18-3-1-2-4-20(18)24-21)22(27)23-17-7-5-16(6-8-17)9-10-25-11-13-28-14-12-25/h1-8,15H,9-14H2,(H,23,27)(H,24,26). The lowest BCUT2D eigenvalue weighted by Crippen LogP contribution is -2.37. The van der Waals surface area contributed by atoms with E-state index in [9.17, 15) is 9.59 Å². The number of para-hydroxylation sites is 1. The van der Waals surface area contributed by atoms with E-state index in [0.717, 1.165) is 44.7 Å². The van der Waals surface area contributed by atoms with Gasteiger partial charge in [0.2, 0.25) is 5.56 Å². The zero-order valence-corrected chi connectivity index (χ0v) is 15.6. The number of nitrogens with one attached hydrogen (secondary N) is 2. The minimum atomic E-state index is -0.290. The van der Waals surface area contributed by atoms with Gasteiger partial charge < -0.3 is 15.0 Å². The van der Waals surface area contributed by atoms with Gasteiger partial charge in [-0.05, 0) is 30.2 Å². The largest absolute Gasteiger partial charge is 0.379 e. The van der Waals surface area contributed by atoms with Crippen molar-refractivity contribution in [3.8, 4) is 0 Å². The lowest BCUT2D eigenvalue weighted by atomic mass is 10.1. The number of H-pyrrole nitrogens is 1. The van der Waals surface area contributed by atoms with Crippen LogP contribution in [0, 0.1) is 0 Å². The molecule has 0 aliphatic carbocycles. The number of nitrogens with zero attached hydrogens (tertiary/aromatic N) is 1. The minimum Gasteiger partial charge on any atom is -0.379 e. The molecule has 3 aromatic rings. The Balaban J connectivity index is 1.43. The van der Waals surface area contributed by atoms with Gasteiger partial charge in [-0.2, -0.15) is 0 Å². The van der Waals surface area contributed by atoms with Gasteiger partial charge in [-0.25, -0.2) is 0 Å². The predicted molar refractivity (Wildman–Crippen MR) is 110 cm³/mol. The second-order valence-corrected chi connectivity index (χ2v) is 6.95. The molecule has 0 unspecified atom stereocenters. The quantitative estimate of drug-likeness (QED) is 0.717. The zero-order chi connectivity index (χ0) is 19.3. The number of anilines is 1. The number of amides is 1. The van der Waals surface area contributed by atoms with Crippen LogP contribution in [-0.4, -0.2) is 48.6 Å². The van der Waals surface area contributed by atoms with Gasteiger partial charge in [-0.15, -0.1) is 0 Å². The first-order chi connectivity index (χ1) is 13.7. The molecule has 28 heavy (non-hydrogen) atoms. The summed E-state index contributed by atoms with van der Waals surface area (Å²) in [5, 5.41) is 3.62. The van der Waals surface area contributed by atoms with Gasteiger partial charge in [0.15, 0.2) is 0 Å². The number of carbonyl (C=O) groups is 1. The maximum absolute atomic E-state index is 12.7. The van der Waals surface area contributed by atoms with Crippen LogP contribution in [0.1, 0.15) is 15.9 Å². The van der Waals surface area contributed by atoms with Gasteiger partial charge in [0.05, 0.1) is 18.8 Å². The van der Waals surface area contributed by atoms with Crippen LogP contribution < -0.4 is 10.9 Å². The van der Waals surface area contributed by atoms with E-state index in [1.165, 1.54) is 11.6 Å². The second-order valence-electron chi connectivity index (χ2n) is 6.95. The number of pyridine rings is 1. The summed E-state index contributed by atoms with van der Waals surface area (Å²) in [4.78, 5) is 29.7. The molecule has 1 aliphatic heterocycles. The predicted octanol–water partition coefficient (Wildman–Crippen LogP) is 2.66. The summed E-state index contributed by atoms with van der Waals surface area (Å²) in [5.41, 5.74) is 2.67. The molecule has 0 radical (unpaired) electrons. The number of carbonyl (C=O) groups excluding carboxylic acids is 1. The molecule has 0 atom stereocenters. The fourth-order valence-corrected chi connectivity index (χ4v) is 3.46. The Morgan fingerprint density at radius 2 is 1.82 bits per heavy atom. The average Bonchev–Trinajstić information content (AvgIpc) is 2.73. The molecule has 0 bridgehead atoms. The Hall–Kier alpha value is -2.96. The van der Waals surface area contributed by atoms with Gasteiger partial charge >= 0.3 is 0 Å². The molecule has 2 heterocycles. The Bertz CT molecular complexity index is 1020. The highest BCUT2D eigenvalue weighted by Crippen LogP contribution is 2.17. The number of hydrogen-bond acceptors (Lipinski definition) is 4. The molecule has 1 fully saturated rings. The first-order valence-corrected chi connectivity index (χ1v) is 9.51. The van der Waals surface area contributed by atoms with Gasteiger partial charge in [-0.3, -0.25) is 14.5 Å². The summed E-state index contributed by atoms with van der Waals surface area (Å²) in [6.07, 6.45) is 0.965. The number of ether oxygens (including phenoxy) is 1. The fraction of sp³-hybridized carbons (Fsp3) is 0.273. The van der Waals surface area contributed by atoms with Crippen LogP contribution in [0.15, 0.2) is 59.4 Å². The Morgan fingerprint density at radius 3 is 2.61 bits per heavy atom. The van der Waals surface area contributed by atoms with Gasteiger partial charge in [0.25, 0.3) is 5.91 Å².